The number of Topliss-reactive ketones (excluding diaryl/α,β-unsaturated/α-hetero) is 1. The zero-order valence-corrected chi connectivity index (χ0v) is 18.6. The van der Waals surface area contributed by atoms with Crippen molar-refractivity contribution in [1.29, 1.82) is 0 Å². The highest BCUT2D eigenvalue weighted by atomic mass is 79.9. The van der Waals surface area contributed by atoms with Gasteiger partial charge in [0.1, 0.15) is 0 Å². The van der Waals surface area contributed by atoms with Crippen molar-refractivity contribution in [2.75, 3.05) is 18.5 Å². The van der Waals surface area contributed by atoms with Gasteiger partial charge in [-0.25, -0.2) is 0 Å². The van der Waals surface area contributed by atoms with E-state index in [0.717, 1.165) is 9.35 Å². The average Bonchev–Trinajstić information content (AvgIpc) is 3.04. The normalized spacial score (nSPS) is 11.4. The summed E-state index contributed by atoms with van der Waals surface area (Å²) in [6.07, 6.45) is 0.115. The second kappa shape index (κ2) is 9.75. The van der Waals surface area contributed by atoms with Crippen LogP contribution < -0.4 is 5.32 Å². The average molecular weight is 474 g/mol. The zero-order chi connectivity index (χ0) is 20.0. The van der Waals surface area contributed by atoms with Crippen LogP contribution in [-0.2, 0) is 19.8 Å². The number of hydrogen-bond donors (Lipinski definition) is 1. The van der Waals surface area contributed by atoms with Gasteiger partial charge in [-0.15, -0.1) is 11.3 Å². The van der Waals surface area contributed by atoms with Crippen molar-refractivity contribution in [1.82, 2.24) is 0 Å². The van der Waals surface area contributed by atoms with E-state index >= 15 is 0 Å². The van der Waals surface area contributed by atoms with Crippen LogP contribution in [0.15, 0.2) is 34.8 Å². The molecule has 0 radical (unpaired) electrons. The summed E-state index contributed by atoms with van der Waals surface area (Å²) in [5, 5.41) is 2.76. The van der Waals surface area contributed by atoms with E-state index in [1.165, 1.54) is 18.3 Å². The predicted octanol–water partition coefficient (Wildman–Crippen LogP) is 5.73. The molecule has 0 saturated carbocycles. The van der Waals surface area contributed by atoms with Crippen LogP contribution in [0.5, 0.6) is 0 Å². The van der Waals surface area contributed by atoms with Gasteiger partial charge in [0.15, 0.2) is 5.78 Å². The quantitative estimate of drug-likeness (QED) is 0.371. The Morgan fingerprint density at radius 3 is 2.41 bits per heavy atom. The number of rotatable bonds is 9. The van der Waals surface area contributed by atoms with E-state index in [0.29, 0.717) is 16.1 Å². The SMILES string of the molecule is CCOP(=O)(Cc1ccc(C(=O)Nc2ccc(Br)cc2C(C)=O)s1)OCC. The molecule has 146 valence electrons. The van der Waals surface area contributed by atoms with Crippen molar-refractivity contribution in [2.45, 2.75) is 26.9 Å². The molecule has 0 aliphatic rings. The van der Waals surface area contributed by atoms with Crippen LogP contribution >= 0.6 is 34.9 Å². The van der Waals surface area contributed by atoms with Crippen LogP contribution in [0.2, 0.25) is 0 Å². The lowest BCUT2D eigenvalue weighted by Gasteiger charge is -2.15. The summed E-state index contributed by atoms with van der Waals surface area (Å²) >= 11 is 4.54. The minimum Gasteiger partial charge on any atom is -0.321 e. The van der Waals surface area contributed by atoms with Crippen molar-refractivity contribution in [3.05, 3.63) is 50.1 Å². The van der Waals surface area contributed by atoms with Gasteiger partial charge in [0.05, 0.1) is 29.9 Å². The van der Waals surface area contributed by atoms with Gasteiger partial charge < -0.3 is 14.4 Å². The highest BCUT2D eigenvalue weighted by molar-refractivity contribution is 9.10. The lowest BCUT2D eigenvalue weighted by molar-refractivity contribution is 0.101. The molecule has 0 saturated heterocycles. The number of thiophene rings is 1. The first-order chi connectivity index (χ1) is 12.8. The molecule has 0 bridgehead atoms. The summed E-state index contributed by atoms with van der Waals surface area (Å²) in [7, 11) is -3.22. The molecule has 6 nitrogen and oxygen atoms in total. The number of halogens is 1. The zero-order valence-electron chi connectivity index (χ0n) is 15.3. The third kappa shape index (κ3) is 6.09. The molecule has 0 atom stereocenters. The predicted molar refractivity (Wildman–Crippen MR) is 111 cm³/mol. The lowest BCUT2D eigenvalue weighted by atomic mass is 10.1. The Morgan fingerprint density at radius 1 is 1.15 bits per heavy atom. The Labute approximate surface area is 170 Å². The van der Waals surface area contributed by atoms with Gasteiger partial charge in [-0.3, -0.25) is 14.2 Å². The summed E-state index contributed by atoms with van der Waals surface area (Å²) in [6, 6.07) is 8.48. The standard InChI is InChI=1S/C18H21BrNO5PS/c1-4-24-26(23,25-5-2)11-14-7-9-17(27-14)18(22)20-16-8-6-13(19)10-15(16)12(3)21/h6-10H,4-5,11H2,1-3H3,(H,20,22). The molecular weight excluding hydrogens is 453 g/mol. The van der Waals surface area contributed by atoms with Crippen LogP contribution in [0.3, 0.4) is 0 Å². The molecule has 2 aromatic rings. The Kier molecular flexibility index (Phi) is 7.94. The first-order valence-corrected chi connectivity index (χ1v) is 11.7. The molecule has 0 aliphatic carbocycles. The second-order valence-corrected chi connectivity index (χ2v) is 9.71. The molecule has 1 aromatic carbocycles. The fourth-order valence-electron chi connectivity index (χ4n) is 2.40. The van der Waals surface area contributed by atoms with E-state index in [-0.39, 0.29) is 31.1 Å². The van der Waals surface area contributed by atoms with Gasteiger partial charge in [-0.05, 0) is 51.1 Å². The fraction of sp³-hybridized carbons (Fsp3) is 0.333. The number of amides is 1. The van der Waals surface area contributed by atoms with Gasteiger partial charge in [-0.1, -0.05) is 15.9 Å². The summed E-state index contributed by atoms with van der Waals surface area (Å²) in [4.78, 5) is 25.5. The lowest BCUT2D eigenvalue weighted by Crippen LogP contribution is -2.13. The number of hydrogen-bond acceptors (Lipinski definition) is 6. The van der Waals surface area contributed by atoms with E-state index in [1.807, 2.05) is 0 Å². The van der Waals surface area contributed by atoms with Crippen molar-refractivity contribution >= 4 is 52.2 Å². The van der Waals surface area contributed by atoms with Gasteiger partial charge in [0.25, 0.3) is 5.91 Å². The Hall–Kier alpha value is -1.31. The minimum atomic E-state index is -3.22. The number of ketones is 1. The van der Waals surface area contributed by atoms with Crippen LogP contribution in [0.25, 0.3) is 0 Å². The van der Waals surface area contributed by atoms with Crippen LogP contribution in [0.1, 0.15) is 45.7 Å². The van der Waals surface area contributed by atoms with Crippen molar-refractivity contribution in [3.63, 3.8) is 0 Å². The van der Waals surface area contributed by atoms with Crippen LogP contribution in [0.4, 0.5) is 5.69 Å². The molecule has 9 heteroatoms. The second-order valence-electron chi connectivity index (χ2n) is 5.57. The molecule has 0 aliphatic heterocycles. The maximum Gasteiger partial charge on any atom is 0.335 e. The van der Waals surface area contributed by atoms with Gasteiger partial charge in [-0.2, -0.15) is 0 Å². The first kappa shape index (κ1) is 22.0. The van der Waals surface area contributed by atoms with Crippen LogP contribution in [0, 0.1) is 0 Å². The van der Waals surface area contributed by atoms with Crippen molar-refractivity contribution in [3.8, 4) is 0 Å². The molecule has 1 N–H and O–H groups in total. The number of carbonyl (C=O) groups excluding carboxylic acids is 2. The maximum atomic E-state index is 12.6. The molecule has 1 amide bonds. The molecule has 0 fully saturated rings. The largest absolute Gasteiger partial charge is 0.335 e. The van der Waals surface area contributed by atoms with Crippen molar-refractivity contribution < 1.29 is 23.2 Å². The summed E-state index contributed by atoms with van der Waals surface area (Å²) in [6.45, 7) is 5.52. The molecule has 0 unspecified atom stereocenters. The highest BCUT2D eigenvalue weighted by Crippen LogP contribution is 2.52. The minimum absolute atomic E-state index is 0.115. The Bertz CT molecular complexity index is 872. The van der Waals surface area contributed by atoms with Gasteiger partial charge in [0, 0.05) is 14.9 Å². The third-order valence-corrected chi connectivity index (χ3v) is 7.32. The molecule has 1 aromatic heterocycles. The van der Waals surface area contributed by atoms with E-state index in [4.69, 9.17) is 9.05 Å². The third-order valence-electron chi connectivity index (χ3n) is 3.50. The number of benzene rings is 1. The van der Waals surface area contributed by atoms with E-state index < -0.39 is 7.60 Å². The number of anilines is 1. The molecule has 2 rings (SSSR count). The molecule has 1 heterocycles. The van der Waals surface area contributed by atoms with Crippen LogP contribution in [-0.4, -0.2) is 24.9 Å². The topological polar surface area (TPSA) is 81.7 Å². The smallest absolute Gasteiger partial charge is 0.321 e. The molecule has 27 heavy (non-hydrogen) atoms. The number of carbonyl (C=O) groups is 2. The summed E-state index contributed by atoms with van der Waals surface area (Å²) in [5.74, 6) is -0.480. The first-order valence-electron chi connectivity index (χ1n) is 8.36. The van der Waals surface area contributed by atoms with E-state index in [2.05, 4.69) is 21.2 Å². The molecule has 0 spiro atoms. The van der Waals surface area contributed by atoms with Gasteiger partial charge >= 0.3 is 7.60 Å². The maximum absolute atomic E-state index is 12.6. The number of nitrogens with one attached hydrogen (secondary N) is 1. The van der Waals surface area contributed by atoms with E-state index in [1.54, 1.807) is 44.2 Å². The monoisotopic (exact) mass is 473 g/mol. The van der Waals surface area contributed by atoms with Gasteiger partial charge in [0.2, 0.25) is 0 Å². The Balaban J connectivity index is 2.16. The molecular formula is C18H21BrNO5PS. The van der Waals surface area contributed by atoms with E-state index in [9.17, 15) is 14.2 Å². The highest BCUT2D eigenvalue weighted by Gasteiger charge is 2.25. The van der Waals surface area contributed by atoms with Crippen molar-refractivity contribution in [2.24, 2.45) is 0 Å². The Morgan fingerprint density at radius 2 is 1.81 bits per heavy atom. The fourth-order valence-corrected chi connectivity index (χ4v) is 5.72. The summed E-state index contributed by atoms with van der Waals surface area (Å²) < 4.78 is 24.0. The summed E-state index contributed by atoms with van der Waals surface area (Å²) in [5.41, 5.74) is 0.867.